The highest BCUT2D eigenvalue weighted by Gasteiger charge is 2.28. The molecule has 0 spiro atoms. The summed E-state index contributed by atoms with van der Waals surface area (Å²) >= 11 is 0. The number of nitrogens with zero attached hydrogens (tertiary/aromatic N) is 1. The highest BCUT2D eigenvalue weighted by atomic mass is 32.2. The summed E-state index contributed by atoms with van der Waals surface area (Å²) in [5, 5.41) is 3.41. The summed E-state index contributed by atoms with van der Waals surface area (Å²) in [5.74, 6) is 1.70. The second-order valence-corrected chi connectivity index (χ2v) is 8.23. The van der Waals surface area contributed by atoms with Gasteiger partial charge in [-0.25, -0.2) is 8.42 Å². The fourth-order valence-corrected chi connectivity index (χ4v) is 3.54. The number of hydrogen-bond acceptors (Lipinski definition) is 4. The molecule has 5 heteroatoms. The molecule has 0 aromatic heterocycles. The van der Waals surface area contributed by atoms with Crippen LogP contribution >= 0.6 is 0 Å². The monoisotopic (exact) mass is 276 g/mol. The van der Waals surface area contributed by atoms with Gasteiger partial charge in [-0.2, -0.15) is 0 Å². The van der Waals surface area contributed by atoms with E-state index in [1.165, 1.54) is 25.5 Å². The minimum Gasteiger partial charge on any atom is -0.317 e. The van der Waals surface area contributed by atoms with Crippen LogP contribution in [0.2, 0.25) is 0 Å². The molecule has 0 radical (unpaired) electrons. The highest BCUT2D eigenvalue weighted by Crippen LogP contribution is 2.29. The summed E-state index contributed by atoms with van der Waals surface area (Å²) in [6.45, 7) is 3.95. The summed E-state index contributed by atoms with van der Waals surface area (Å²) < 4.78 is 22.3. The van der Waals surface area contributed by atoms with Gasteiger partial charge in [0.1, 0.15) is 9.84 Å². The van der Waals surface area contributed by atoms with Gasteiger partial charge in [0.25, 0.3) is 0 Å². The third-order valence-electron chi connectivity index (χ3n) is 4.01. The molecule has 18 heavy (non-hydrogen) atoms. The summed E-state index contributed by atoms with van der Waals surface area (Å²) in [6, 6.07) is 0.585. The zero-order chi connectivity index (χ0) is 13.8. The van der Waals surface area contributed by atoms with Gasteiger partial charge in [-0.05, 0) is 45.2 Å². The molecule has 1 aliphatic carbocycles. The second-order valence-electron chi connectivity index (χ2n) is 5.97. The van der Waals surface area contributed by atoms with E-state index in [1.54, 1.807) is 0 Å². The molecule has 0 saturated heterocycles. The smallest absolute Gasteiger partial charge is 0.148 e. The Bertz CT molecular complexity index is 343. The molecule has 108 valence electrons. The quantitative estimate of drug-likeness (QED) is 0.786. The Hall–Kier alpha value is -0.130. The molecule has 1 N–H and O–H groups in total. The lowest BCUT2D eigenvalue weighted by Crippen LogP contribution is -2.44. The van der Waals surface area contributed by atoms with Crippen molar-refractivity contribution in [3.05, 3.63) is 0 Å². The first kappa shape index (κ1) is 15.9. The molecule has 4 nitrogen and oxygen atoms in total. The van der Waals surface area contributed by atoms with Crippen LogP contribution in [0.4, 0.5) is 0 Å². The maximum Gasteiger partial charge on any atom is 0.148 e. The van der Waals surface area contributed by atoms with Crippen LogP contribution in [0.3, 0.4) is 0 Å². The maximum absolute atomic E-state index is 11.2. The van der Waals surface area contributed by atoms with Gasteiger partial charge in [0, 0.05) is 25.4 Å². The van der Waals surface area contributed by atoms with Crippen molar-refractivity contribution in [2.45, 2.75) is 32.2 Å². The Labute approximate surface area is 112 Å². The van der Waals surface area contributed by atoms with Crippen LogP contribution < -0.4 is 5.32 Å². The zero-order valence-electron chi connectivity index (χ0n) is 12.1. The lowest BCUT2D eigenvalue weighted by atomic mass is 9.78. The van der Waals surface area contributed by atoms with Gasteiger partial charge < -0.3 is 10.2 Å². The standard InChI is InChI=1S/C13H28N2O2S/c1-11-5-6-13(14-2)12(9-11)10-15(3)7-8-18(4,16)17/h11-14H,5-10H2,1-4H3. The summed E-state index contributed by atoms with van der Waals surface area (Å²) in [6.07, 6.45) is 5.09. The average Bonchev–Trinajstić information content (AvgIpc) is 2.26. The predicted octanol–water partition coefficient (Wildman–Crippen LogP) is 0.987. The normalized spacial score (nSPS) is 29.7. The molecular weight excluding hydrogens is 248 g/mol. The van der Waals surface area contributed by atoms with Crippen molar-refractivity contribution in [1.29, 1.82) is 0 Å². The first-order chi connectivity index (χ1) is 8.31. The average molecular weight is 276 g/mol. The van der Waals surface area contributed by atoms with Crippen LogP contribution in [-0.2, 0) is 9.84 Å². The van der Waals surface area contributed by atoms with Gasteiger partial charge in [0.15, 0.2) is 0 Å². The molecule has 3 unspecified atom stereocenters. The lowest BCUT2D eigenvalue weighted by molar-refractivity contribution is 0.169. The van der Waals surface area contributed by atoms with Gasteiger partial charge >= 0.3 is 0 Å². The summed E-state index contributed by atoms with van der Waals surface area (Å²) in [7, 11) is 1.21. The number of rotatable bonds is 6. The molecular formula is C13H28N2O2S. The Balaban J connectivity index is 2.43. The fourth-order valence-electron chi connectivity index (χ4n) is 2.89. The van der Waals surface area contributed by atoms with Crippen LogP contribution in [-0.4, -0.2) is 58.6 Å². The van der Waals surface area contributed by atoms with Gasteiger partial charge in [-0.3, -0.25) is 0 Å². The van der Waals surface area contributed by atoms with Crippen molar-refractivity contribution in [2.75, 3.05) is 39.2 Å². The Morgan fingerprint density at radius 2 is 2.00 bits per heavy atom. The Morgan fingerprint density at radius 1 is 1.33 bits per heavy atom. The molecule has 0 bridgehead atoms. The molecule has 3 atom stereocenters. The van der Waals surface area contributed by atoms with Crippen molar-refractivity contribution in [2.24, 2.45) is 11.8 Å². The minimum absolute atomic E-state index is 0.260. The largest absolute Gasteiger partial charge is 0.317 e. The lowest BCUT2D eigenvalue weighted by Gasteiger charge is -2.37. The van der Waals surface area contributed by atoms with E-state index in [-0.39, 0.29) is 5.75 Å². The van der Waals surface area contributed by atoms with Crippen LogP contribution in [0, 0.1) is 11.8 Å². The summed E-state index contributed by atoms with van der Waals surface area (Å²) in [5.41, 5.74) is 0. The van der Waals surface area contributed by atoms with Crippen molar-refractivity contribution in [3.8, 4) is 0 Å². The van der Waals surface area contributed by atoms with E-state index in [1.807, 2.05) is 14.1 Å². The van der Waals surface area contributed by atoms with Gasteiger partial charge in [0.2, 0.25) is 0 Å². The second kappa shape index (κ2) is 6.87. The van der Waals surface area contributed by atoms with E-state index in [4.69, 9.17) is 0 Å². The van der Waals surface area contributed by atoms with Crippen molar-refractivity contribution >= 4 is 9.84 Å². The summed E-state index contributed by atoms with van der Waals surface area (Å²) in [4.78, 5) is 2.16. The third kappa shape index (κ3) is 5.67. The predicted molar refractivity (Wildman–Crippen MR) is 76.6 cm³/mol. The minimum atomic E-state index is -2.85. The van der Waals surface area contributed by atoms with Gasteiger partial charge in [0.05, 0.1) is 5.75 Å². The van der Waals surface area contributed by atoms with E-state index in [0.29, 0.717) is 18.5 Å². The van der Waals surface area contributed by atoms with Crippen molar-refractivity contribution < 1.29 is 8.42 Å². The molecule has 1 saturated carbocycles. The topological polar surface area (TPSA) is 49.4 Å². The zero-order valence-corrected chi connectivity index (χ0v) is 13.0. The molecule has 1 rings (SSSR count). The van der Waals surface area contributed by atoms with Crippen molar-refractivity contribution in [1.82, 2.24) is 10.2 Å². The molecule has 0 aliphatic heterocycles. The van der Waals surface area contributed by atoms with E-state index in [2.05, 4.69) is 17.1 Å². The maximum atomic E-state index is 11.2. The van der Waals surface area contributed by atoms with E-state index < -0.39 is 9.84 Å². The number of nitrogens with one attached hydrogen (secondary N) is 1. The first-order valence-corrected chi connectivity index (χ1v) is 8.91. The van der Waals surface area contributed by atoms with Crippen LogP contribution in [0.25, 0.3) is 0 Å². The number of sulfone groups is 1. The molecule has 0 aromatic rings. The van der Waals surface area contributed by atoms with E-state index >= 15 is 0 Å². The van der Waals surface area contributed by atoms with Crippen LogP contribution in [0.5, 0.6) is 0 Å². The van der Waals surface area contributed by atoms with Crippen molar-refractivity contribution in [3.63, 3.8) is 0 Å². The van der Waals surface area contributed by atoms with Gasteiger partial charge in [-0.15, -0.1) is 0 Å². The van der Waals surface area contributed by atoms with E-state index in [9.17, 15) is 8.42 Å². The van der Waals surface area contributed by atoms with Crippen LogP contribution in [0.15, 0.2) is 0 Å². The Morgan fingerprint density at radius 3 is 2.56 bits per heavy atom. The van der Waals surface area contributed by atoms with Crippen LogP contribution in [0.1, 0.15) is 26.2 Å². The van der Waals surface area contributed by atoms with E-state index in [0.717, 1.165) is 12.5 Å². The number of hydrogen-bond donors (Lipinski definition) is 1. The molecule has 1 fully saturated rings. The molecule has 1 aliphatic rings. The third-order valence-corrected chi connectivity index (χ3v) is 4.93. The molecule has 0 heterocycles. The Kier molecular flexibility index (Phi) is 6.08. The first-order valence-electron chi connectivity index (χ1n) is 6.85. The molecule has 0 amide bonds. The fraction of sp³-hybridized carbons (Fsp3) is 1.00. The molecule has 0 aromatic carbocycles. The SMILES string of the molecule is CNC1CCC(C)CC1CN(C)CCS(C)(=O)=O. The van der Waals surface area contributed by atoms with Gasteiger partial charge in [-0.1, -0.05) is 6.92 Å². The highest BCUT2D eigenvalue weighted by molar-refractivity contribution is 7.90.